The van der Waals surface area contributed by atoms with Crippen LogP contribution in [0, 0.1) is 11.7 Å². The summed E-state index contributed by atoms with van der Waals surface area (Å²) >= 11 is 0. The molecule has 2 aromatic carbocycles. The summed E-state index contributed by atoms with van der Waals surface area (Å²) in [7, 11) is 2.96. The molecule has 9 nitrogen and oxygen atoms in total. The van der Waals surface area contributed by atoms with Crippen LogP contribution >= 0.6 is 0 Å². The lowest BCUT2D eigenvalue weighted by Gasteiger charge is -2.17. The molecule has 0 aromatic heterocycles. The van der Waals surface area contributed by atoms with E-state index >= 15 is 0 Å². The van der Waals surface area contributed by atoms with Crippen LogP contribution in [-0.2, 0) is 22.6 Å². The molecule has 0 bridgehead atoms. The molecule has 2 aromatic rings. The normalized spacial score (nSPS) is 12.6. The summed E-state index contributed by atoms with van der Waals surface area (Å²) in [6.07, 6.45) is -4.85. The van der Waals surface area contributed by atoms with Crippen molar-refractivity contribution in [3.63, 3.8) is 0 Å². The van der Waals surface area contributed by atoms with E-state index in [1.807, 2.05) is 13.8 Å². The first-order valence-corrected chi connectivity index (χ1v) is 11.5. The molecule has 0 heterocycles. The van der Waals surface area contributed by atoms with E-state index in [2.05, 4.69) is 20.4 Å². The third-order valence-electron chi connectivity index (χ3n) is 5.06. The summed E-state index contributed by atoms with van der Waals surface area (Å²) in [5, 5.41) is 4.97. The Morgan fingerprint density at radius 1 is 1.00 bits per heavy atom. The summed E-state index contributed by atoms with van der Waals surface area (Å²) in [5.41, 5.74) is 6.67. The van der Waals surface area contributed by atoms with Crippen LogP contribution in [0.3, 0.4) is 0 Å². The summed E-state index contributed by atoms with van der Waals surface area (Å²) in [6.45, 7) is 3.48. The minimum atomic E-state index is -5.07. The molecule has 0 unspecified atom stereocenters. The molecular weight excluding hydrogens is 512 g/mol. The van der Waals surface area contributed by atoms with Gasteiger partial charge in [0.1, 0.15) is 6.04 Å². The Bertz CT molecular complexity index is 1160. The van der Waals surface area contributed by atoms with Gasteiger partial charge in [-0.2, -0.15) is 0 Å². The van der Waals surface area contributed by atoms with Crippen LogP contribution in [0.15, 0.2) is 41.4 Å². The Hall–Kier alpha value is -4.03. The van der Waals surface area contributed by atoms with Gasteiger partial charge in [-0.1, -0.05) is 26.0 Å². The van der Waals surface area contributed by atoms with E-state index < -0.39 is 35.8 Å². The van der Waals surface area contributed by atoms with E-state index in [-0.39, 0.29) is 36.8 Å². The van der Waals surface area contributed by atoms with Gasteiger partial charge in [0, 0.05) is 6.54 Å². The molecule has 0 aliphatic rings. The van der Waals surface area contributed by atoms with Crippen molar-refractivity contribution >= 4 is 17.8 Å². The standard InChI is InChI=1S/C25H30F4N4O5/c1-14(2)9-18(23(35)31-13-16-5-7-17(26)20(11-16)38-25(27,28)29)32-24(30)33-22(34)12-15-6-8-19(36-3)21(10-15)37-4/h5-8,10-11,14,18H,9,12-13H2,1-4H3,(H,31,35)(H3,30,32,33,34)/t18-/m1/s1. The van der Waals surface area contributed by atoms with Crippen LogP contribution < -0.4 is 30.6 Å². The second-order valence-corrected chi connectivity index (χ2v) is 8.60. The van der Waals surface area contributed by atoms with Crippen LogP contribution in [0.2, 0.25) is 0 Å². The smallest absolute Gasteiger partial charge is 0.493 e. The summed E-state index contributed by atoms with van der Waals surface area (Å²) in [6, 6.07) is 6.84. The molecule has 208 valence electrons. The number of carbonyl (C=O) groups is 2. The summed E-state index contributed by atoms with van der Waals surface area (Å²) < 4.78 is 65.1. The van der Waals surface area contributed by atoms with Gasteiger partial charge in [0.15, 0.2) is 29.0 Å². The summed E-state index contributed by atoms with van der Waals surface area (Å²) in [4.78, 5) is 29.4. The number of nitrogens with zero attached hydrogens (tertiary/aromatic N) is 1. The predicted octanol–water partition coefficient (Wildman–Crippen LogP) is 3.45. The molecule has 13 heteroatoms. The molecular formula is C25H30F4N4O5. The lowest BCUT2D eigenvalue weighted by Crippen LogP contribution is -2.41. The fourth-order valence-corrected chi connectivity index (χ4v) is 3.40. The van der Waals surface area contributed by atoms with E-state index in [9.17, 15) is 27.2 Å². The van der Waals surface area contributed by atoms with E-state index in [1.54, 1.807) is 18.2 Å². The Morgan fingerprint density at radius 2 is 1.63 bits per heavy atom. The number of alkyl halides is 3. The SMILES string of the molecule is COc1ccc(CC(=O)NC(N)=N[C@H](CC(C)C)C(=O)NCc2ccc(F)c(OC(F)(F)F)c2)cc1OC. The largest absolute Gasteiger partial charge is 0.573 e. The lowest BCUT2D eigenvalue weighted by molar-refractivity contribution is -0.275. The van der Waals surface area contributed by atoms with E-state index in [1.165, 1.54) is 20.3 Å². The van der Waals surface area contributed by atoms with E-state index in [0.717, 1.165) is 12.1 Å². The van der Waals surface area contributed by atoms with Gasteiger partial charge in [0.2, 0.25) is 11.8 Å². The van der Waals surface area contributed by atoms with Gasteiger partial charge in [0.25, 0.3) is 0 Å². The third kappa shape index (κ3) is 9.79. The molecule has 1 atom stereocenters. The first-order valence-electron chi connectivity index (χ1n) is 11.5. The Balaban J connectivity index is 2.06. The first-order chi connectivity index (χ1) is 17.8. The predicted molar refractivity (Wildman–Crippen MR) is 131 cm³/mol. The highest BCUT2D eigenvalue weighted by atomic mass is 19.4. The number of benzene rings is 2. The maximum Gasteiger partial charge on any atom is 0.573 e. The van der Waals surface area contributed by atoms with Gasteiger partial charge < -0.3 is 25.3 Å². The highest BCUT2D eigenvalue weighted by Gasteiger charge is 2.32. The molecule has 0 saturated carbocycles. The average Bonchev–Trinajstić information content (AvgIpc) is 2.82. The quantitative estimate of drug-likeness (QED) is 0.227. The van der Waals surface area contributed by atoms with Crippen LogP contribution in [0.25, 0.3) is 0 Å². The van der Waals surface area contributed by atoms with Crippen LogP contribution in [0.4, 0.5) is 17.6 Å². The van der Waals surface area contributed by atoms with Crippen molar-refractivity contribution in [2.75, 3.05) is 14.2 Å². The molecule has 38 heavy (non-hydrogen) atoms. The highest BCUT2D eigenvalue weighted by molar-refractivity contribution is 5.98. The molecule has 0 saturated heterocycles. The number of halogens is 4. The molecule has 2 amide bonds. The fraction of sp³-hybridized carbons (Fsp3) is 0.400. The maximum absolute atomic E-state index is 13.6. The Morgan fingerprint density at radius 3 is 2.24 bits per heavy atom. The molecule has 0 radical (unpaired) electrons. The van der Waals surface area contributed by atoms with Crippen molar-refractivity contribution < 1.29 is 41.4 Å². The van der Waals surface area contributed by atoms with E-state index in [0.29, 0.717) is 17.1 Å². The number of ether oxygens (including phenoxy) is 3. The highest BCUT2D eigenvalue weighted by Crippen LogP contribution is 2.28. The number of aliphatic imine (C=N–C) groups is 1. The molecule has 4 N–H and O–H groups in total. The van der Waals surface area contributed by atoms with Crippen molar-refractivity contribution in [3.05, 3.63) is 53.3 Å². The molecule has 0 spiro atoms. The zero-order valence-corrected chi connectivity index (χ0v) is 21.3. The number of nitrogens with two attached hydrogens (primary N) is 1. The van der Waals surface area contributed by atoms with Crippen molar-refractivity contribution in [2.24, 2.45) is 16.6 Å². The second kappa shape index (κ2) is 13.5. The van der Waals surface area contributed by atoms with Gasteiger partial charge in [-0.25, -0.2) is 9.38 Å². The van der Waals surface area contributed by atoms with Gasteiger partial charge >= 0.3 is 6.36 Å². The van der Waals surface area contributed by atoms with Gasteiger partial charge in [-0.15, -0.1) is 13.2 Å². The second-order valence-electron chi connectivity index (χ2n) is 8.60. The number of nitrogens with one attached hydrogen (secondary N) is 2. The fourth-order valence-electron chi connectivity index (χ4n) is 3.40. The zero-order chi connectivity index (χ0) is 28.5. The van der Waals surface area contributed by atoms with Gasteiger partial charge in [-0.3, -0.25) is 14.9 Å². The Kier molecular flexibility index (Phi) is 10.7. The monoisotopic (exact) mass is 542 g/mol. The first kappa shape index (κ1) is 30.2. The number of methoxy groups -OCH3 is 2. The van der Waals surface area contributed by atoms with Crippen molar-refractivity contribution in [1.82, 2.24) is 10.6 Å². The van der Waals surface area contributed by atoms with Crippen LogP contribution in [0.5, 0.6) is 17.2 Å². The maximum atomic E-state index is 13.6. The minimum absolute atomic E-state index is 0.0161. The van der Waals surface area contributed by atoms with Gasteiger partial charge in [0.05, 0.1) is 20.6 Å². The Labute approximate surface area is 217 Å². The number of hydrogen-bond donors (Lipinski definition) is 3. The number of amides is 2. The zero-order valence-electron chi connectivity index (χ0n) is 21.3. The lowest BCUT2D eigenvalue weighted by atomic mass is 10.0. The van der Waals surface area contributed by atoms with Crippen LogP contribution in [-0.4, -0.2) is 44.4 Å². The molecule has 0 aliphatic carbocycles. The van der Waals surface area contributed by atoms with Crippen molar-refractivity contribution in [1.29, 1.82) is 0 Å². The van der Waals surface area contributed by atoms with Crippen molar-refractivity contribution in [2.45, 2.75) is 45.6 Å². The van der Waals surface area contributed by atoms with Crippen molar-refractivity contribution in [3.8, 4) is 17.2 Å². The summed E-state index contributed by atoms with van der Waals surface area (Å²) in [5.74, 6) is -2.58. The third-order valence-corrected chi connectivity index (χ3v) is 5.06. The topological polar surface area (TPSA) is 124 Å². The molecule has 2 rings (SSSR count). The number of guanidine groups is 1. The van der Waals surface area contributed by atoms with Crippen LogP contribution in [0.1, 0.15) is 31.4 Å². The average molecular weight is 543 g/mol. The number of hydrogen-bond acceptors (Lipinski definition) is 6. The molecule has 0 aliphatic heterocycles. The minimum Gasteiger partial charge on any atom is -0.493 e. The number of carbonyl (C=O) groups excluding carboxylic acids is 2. The van der Waals surface area contributed by atoms with E-state index in [4.69, 9.17) is 15.2 Å². The molecule has 0 fully saturated rings. The number of rotatable bonds is 11. The van der Waals surface area contributed by atoms with Gasteiger partial charge in [-0.05, 0) is 47.7 Å².